The van der Waals surface area contributed by atoms with Crippen molar-refractivity contribution in [2.24, 2.45) is 0 Å². The standard InChI is InChI=1S/C21H21N3O3S/c25-21(20-19-10-3-2-7-16(19)11-12-22-20)23-17-8-6-9-18(15-17)28(26,27)24-13-4-1-5-14-24/h2-3,6-12,15H,1,4-5,13-14H2,(H,23,25). The van der Waals surface area contributed by atoms with Crippen molar-refractivity contribution >= 4 is 32.4 Å². The second-order valence-electron chi connectivity index (χ2n) is 6.83. The minimum atomic E-state index is -3.55. The molecule has 0 unspecified atom stereocenters. The van der Waals surface area contributed by atoms with Gasteiger partial charge in [0.05, 0.1) is 4.90 Å². The van der Waals surface area contributed by atoms with Gasteiger partial charge in [0.25, 0.3) is 5.91 Å². The van der Waals surface area contributed by atoms with Crippen molar-refractivity contribution in [3.8, 4) is 0 Å². The minimum Gasteiger partial charge on any atom is -0.321 e. The molecule has 1 N–H and O–H groups in total. The van der Waals surface area contributed by atoms with Crippen molar-refractivity contribution in [3.05, 3.63) is 66.5 Å². The van der Waals surface area contributed by atoms with Gasteiger partial charge in [-0.2, -0.15) is 4.31 Å². The van der Waals surface area contributed by atoms with E-state index in [-0.39, 0.29) is 10.8 Å². The quantitative estimate of drug-likeness (QED) is 0.731. The van der Waals surface area contributed by atoms with E-state index in [1.807, 2.05) is 30.3 Å². The normalized spacial score (nSPS) is 15.4. The molecule has 7 heteroatoms. The van der Waals surface area contributed by atoms with Crippen LogP contribution in [-0.2, 0) is 10.0 Å². The lowest BCUT2D eigenvalue weighted by atomic mass is 10.1. The van der Waals surface area contributed by atoms with E-state index in [1.165, 1.54) is 10.4 Å². The number of anilines is 1. The largest absolute Gasteiger partial charge is 0.321 e. The summed E-state index contributed by atoms with van der Waals surface area (Å²) in [5.74, 6) is -0.371. The lowest BCUT2D eigenvalue weighted by Gasteiger charge is -2.26. The van der Waals surface area contributed by atoms with Gasteiger partial charge in [0.15, 0.2) is 0 Å². The first-order valence-electron chi connectivity index (χ1n) is 9.31. The summed E-state index contributed by atoms with van der Waals surface area (Å²) in [6.45, 7) is 1.08. The lowest BCUT2D eigenvalue weighted by Crippen LogP contribution is -2.35. The molecule has 1 saturated heterocycles. The molecule has 2 aromatic carbocycles. The average molecular weight is 395 g/mol. The SMILES string of the molecule is O=C(Nc1cccc(S(=O)(=O)N2CCCCC2)c1)c1nccc2ccccc12. The molecule has 3 aromatic rings. The van der Waals surface area contributed by atoms with E-state index in [4.69, 9.17) is 0 Å². The van der Waals surface area contributed by atoms with Crippen LogP contribution in [0.4, 0.5) is 5.69 Å². The molecule has 1 aliphatic heterocycles. The number of nitrogens with one attached hydrogen (secondary N) is 1. The number of nitrogens with zero attached hydrogens (tertiary/aromatic N) is 2. The van der Waals surface area contributed by atoms with Gasteiger partial charge in [-0.25, -0.2) is 8.42 Å². The molecule has 6 nitrogen and oxygen atoms in total. The molecule has 1 aliphatic rings. The van der Waals surface area contributed by atoms with Crippen LogP contribution in [0, 0.1) is 0 Å². The van der Waals surface area contributed by atoms with Crippen molar-refractivity contribution in [3.63, 3.8) is 0 Å². The molecule has 144 valence electrons. The number of piperidine rings is 1. The highest BCUT2D eigenvalue weighted by Gasteiger charge is 2.26. The number of benzene rings is 2. The summed E-state index contributed by atoms with van der Waals surface area (Å²) in [6, 6.07) is 15.8. The molecule has 0 saturated carbocycles. The van der Waals surface area contributed by atoms with E-state index in [9.17, 15) is 13.2 Å². The highest BCUT2D eigenvalue weighted by atomic mass is 32.2. The maximum Gasteiger partial charge on any atom is 0.274 e. The molecule has 1 fully saturated rings. The predicted molar refractivity (Wildman–Crippen MR) is 109 cm³/mol. The molecule has 4 rings (SSSR count). The number of pyridine rings is 1. The number of hydrogen-bond donors (Lipinski definition) is 1. The Bertz CT molecular complexity index is 1120. The Morgan fingerprint density at radius 1 is 0.964 bits per heavy atom. The number of rotatable bonds is 4. The monoisotopic (exact) mass is 395 g/mol. The fourth-order valence-electron chi connectivity index (χ4n) is 3.48. The molecule has 0 spiro atoms. The third-order valence-corrected chi connectivity index (χ3v) is 6.83. The number of aromatic nitrogens is 1. The minimum absolute atomic E-state index is 0.193. The van der Waals surface area contributed by atoms with E-state index in [1.54, 1.807) is 24.4 Å². The lowest BCUT2D eigenvalue weighted by molar-refractivity contribution is 0.102. The van der Waals surface area contributed by atoms with Crippen molar-refractivity contribution in [1.29, 1.82) is 0 Å². The van der Waals surface area contributed by atoms with E-state index >= 15 is 0 Å². The number of fused-ring (bicyclic) bond motifs is 1. The van der Waals surface area contributed by atoms with Crippen LogP contribution in [0.15, 0.2) is 65.7 Å². The van der Waals surface area contributed by atoms with E-state index in [0.29, 0.717) is 24.5 Å². The zero-order valence-corrected chi connectivity index (χ0v) is 16.2. The number of amides is 1. The second kappa shape index (κ2) is 7.69. The van der Waals surface area contributed by atoms with E-state index in [2.05, 4.69) is 10.3 Å². The van der Waals surface area contributed by atoms with Crippen LogP contribution in [0.1, 0.15) is 29.8 Å². The Morgan fingerprint density at radius 2 is 1.75 bits per heavy atom. The highest BCUT2D eigenvalue weighted by Crippen LogP contribution is 2.24. The first-order valence-corrected chi connectivity index (χ1v) is 10.7. The van der Waals surface area contributed by atoms with Crippen molar-refractivity contribution < 1.29 is 13.2 Å². The molecule has 1 amide bonds. The maximum absolute atomic E-state index is 12.9. The Morgan fingerprint density at radius 3 is 2.57 bits per heavy atom. The summed E-state index contributed by atoms with van der Waals surface area (Å²) < 4.78 is 27.3. The van der Waals surface area contributed by atoms with Gasteiger partial charge in [-0.05, 0) is 42.5 Å². The van der Waals surface area contributed by atoms with Crippen molar-refractivity contribution in [1.82, 2.24) is 9.29 Å². The predicted octanol–water partition coefficient (Wildman–Crippen LogP) is 3.66. The first kappa shape index (κ1) is 18.6. The summed E-state index contributed by atoms with van der Waals surface area (Å²) in [5.41, 5.74) is 0.736. The fourth-order valence-corrected chi connectivity index (χ4v) is 5.04. The van der Waals surface area contributed by atoms with Crippen LogP contribution >= 0.6 is 0 Å². The molecule has 0 radical (unpaired) electrons. The summed E-state index contributed by atoms with van der Waals surface area (Å²) in [4.78, 5) is 17.2. The van der Waals surface area contributed by atoms with Gasteiger partial charge in [-0.3, -0.25) is 9.78 Å². The van der Waals surface area contributed by atoms with E-state index in [0.717, 1.165) is 30.0 Å². The Balaban J connectivity index is 1.60. The van der Waals surface area contributed by atoms with Crippen LogP contribution in [0.2, 0.25) is 0 Å². The summed E-state index contributed by atoms with van der Waals surface area (Å²) in [7, 11) is -3.55. The number of hydrogen-bond acceptors (Lipinski definition) is 4. The van der Waals surface area contributed by atoms with Gasteiger partial charge in [-0.15, -0.1) is 0 Å². The van der Waals surface area contributed by atoms with Crippen LogP contribution < -0.4 is 5.32 Å². The average Bonchev–Trinajstić information content (AvgIpc) is 2.74. The third-order valence-electron chi connectivity index (χ3n) is 4.93. The summed E-state index contributed by atoms with van der Waals surface area (Å²) in [6.07, 6.45) is 4.40. The van der Waals surface area contributed by atoms with Crippen LogP contribution in [0.25, 0.3) is 10.8 Å². The molecule has 1 aromatic heterocycles. The summed E-state index contributed by atoms with van der Waals surface area (Å²) in [5, 5.41) is 4.45. The summed E-state index contributed by atoms with van der Waals surface area (Å²) >= 11 is 0. The van der Waals surface area contributed by atoms with Gasteiger partial charge in [0.1, 0.15) is 5.69 Å². The Labute approximate surface area is 164 Å². The number of sulfonamides is 1. The molecule has 2 heterocycles. The molecule has 0 aliphatic carbocycles. The van der Waals surface area contributed by atoms with Gasteiger partial charge in [0.2, 0.25) is 10.0 Å². The fraction of sp³-hybridized carbons (Fsp3) is 0.238. The topological polar surface area (TPSA) is 79.4 Å². The molecular formula is C21H21N3O3S. The first-order chi connectivity index (χ1) is 13.6. The van der Waals surface area contributed by atoms with Crippen LogP contribution in [-0.4, -0.2) is 36.7 Å². The zero-order valence-electron chi connectivity index (χ0n) is 15.3. The van der Waals surface area contributed by atoms with Gasteiger partial charge in [0, 0.05) is 30.4 Å². The number of carbonyl (C=O) groups excluding carboxylic acids is 1. The molecule has 0 atom stereocenters. The maximum atomic E-state index is 12.9. The third kappa shape index (κ3) is 3.63. The highest BCUT2D eigenvalue weighted by molar-refractivity contribution is 7.89. The van der Waals surface area contributed by atoms with Crippen LogP contribution in [0.5, 0.6) is 0 Å². The zero-order chi connectivity index (χ0) is 19.6. The number of carbonyl (C=O) groups is 1. The second-order valence-corrected chi connectivity index (χ2v) is 8.77. The van der Waals surface area contributed by atoms with Crippen molar-refractivity contribution in [2.45, 2.75) is 24.2 Å². The molecule has 0 bridgehead atoms. The van der Waals surface area contributed by atoms with Gasteiger partial charge < -0.3 is 5.32 Å². The Hall–Kier alpha value is -2.77. The molecule has 28 heavy (non-hydrogen) atoms. The molecular weight excluding hydrogens is 374 g/mol. The van der Waals surface area contributed by atoms with Crippen molar-refractivity contribution in [2.75, 3.05) is 18.4 Å². The Kier molecular flexibility index (Phi) is 5.11. The van der Waals surface area contributed by atoms with Gasteiger partial charge >= 0.3 is 0 Å². The van der Waals surface area contributed by atoms with Gasteiger partial charge in [-0.1, -0.05) is 36.8 Å². The van der Waals surface area contributed by atoms with E-state index < -0.39 is 10.0 Å². The smallest absolute Gasteiger partial charge is 0.274 e. The van der Waals surface area contributed by atoms with Crippen LogP contribution in [0.3, 0.4) is 0 Å².